The van der Waals surface area contributed by atoms with Crippen molar-refractivity contribution >= 4 is 0 Å². The minimum atomic E-state index is -0.779. The third kappa shape index (κ3) is 3.29. The van der Waals surface area contributed by atoms with Gasteiger partial charge in [0.1, 0.15) is 0 Å². The van der Waals surface area contributed by atoms with Crippen molar-refractivity contribution in [2.45, 2.75) is 45.7 Å². The van der Waals surface area contributed by atoms with Gasteiger partial charge in [-0.15, -0.1) is 0 Å². The van der Waals surface area contributed by atoms with E-state index in [0.29, 0.717) is 18.5 Å². The van der Waals surface area contributed by atoms with Crippen LogP contribution < -0.4 is 5.32 Å². The number of hydrogen-bond acceptors (Lipinski definition) is 1. The van der Waals surface area contributed by atoms with E-state index in [4.69, 9.17) is 0 Å². The van der Waals surface area contributed by atoms with E-state index in [0.717, 1.165) is 11.5 Å². The molecule has 0 radical (unpaired) electrons. The zero-order valence-corrected chi connectivity index (χ0v) is 11.0. The molecular weight excluding hydrogens is 232 g/mol. The summed E-state index contributed by atoms with van der Waals surface area (Å²) in [5, 5.41) is 3.47. The highest BCUT2D eigenvalue weighted by Gasteiger charge is 2.24. The van der Waals surface area contributed by atoms with Gasteiger partial charge in [-0.05, 0) is 48.8 Å². The molecule has 0 spiro atoms. The standard InChI is InChI=1S/C15H21F2N/c1-10-3-6-15(11(2)7-10)18-9-12-4-5-13(16)14(17)8-12/h4-5,8,10-11,15,18H,3,6-7,9H2,1-2H3. The van der Waals surface area contributed by atoms with Crippen LogP contribution in [-0.2, 0) is 6.54 Å². The van der Waals surface area contributed by atoms with Crippen molar-refractivity contribution in [1.29, 1.82) is 0 Å². The maximum Gasteiger partial charge on any atom is 0.159 e. The van der Waals surface area contributed by atoms with Crippen LogP contribution >= 0.6 is 0 Å². The topological polar surface area (TPSA) is 12.0 Å². The summed E-state index contributed by atoms with van der Waals surface area (Å²) in [4.78, 5) is 0. The molecule has 1 saturated carbocycles. The molecule has 0 aliphatic heterocycles. The Labute approximate surface area is 108 Å². The summed E-state index contributed by atoms with van der Waals surface area (Å²) in [5.74, 6) is -0.0846. The highest BCUT2D eigenvalue weighted by atomic mass is 19.2. The molecule has 1 aliphatic rings. The maximum atomic E-state index is 13.1. The van der Waals surface area contributed by atoms with Crippen LogP contribution in [0.4, 0.5) is 8.78 Å². The first-order chi connectivity index (χ1) is 8.56. The van der Waals surface area contributed by atoms with Gasteiger partial charge in [-0.3, -0.25) is 0 Å². The predicted octanol–water partition coefficient (Wildman–Crippen LogP) is 3.88. The molecule has 0 amide bonds. The number of rotatable bonds is 3. The number of benzene rings is 1. The molecule has 1 fully saturated rings. The molecule has 3 atom stereocenters. The van der Waals surface area contributed by atoms with Gasteiger partial charge in [0.05, 0.1) is 0 Å². The van der Waals surface area contributed by atoms with Crippen LogP contribution in [0, 0.1) is 23.5 Å². The Morgan fingerprint density at radius 2 is 1.94 bits per heavy atom. The van der Waals surface area contributed by atoms with Crippen LogP contribution in [0.25, 0.3) is 0 Å². The van der Waals surface area contributed by atoms with E-state index in [2.05, 4.69) is 19.2 Å². The highest BCUT2D eigenvalue weighted by Crippen LogP contribution is 2.28. The lowest BCUT2D eigenvalue weighted by Gasteiger charge is -2.33. The summed E-state index contributed by atoms with van der Waals surface area (Å²) >= 11 is 0. The molecule has 1 N–H and O–H groups in total. The lowest BCUT2D eigenvalue weighted by molar-refractivity contribution is 0.227. The summed E-state index contributed by atoms with van der Waals surface area (Å²) in [6.45, 7) is 5.17. The van der Waals surface area contributed by atoms with Crippen molar-refractivity contribution < 1.29 is 8.78 Å². The van der Waals surface area contributed by atoms with Gasteiger partial charge in [0.2, 0.25) is 0 Å². The Morgan fingerprint density at radius 1 is 1.17 bits per heavy atom. The Morgan fingerprint density at radius 3 is 2.61 bits per heavy atom. The summed E-state index contributed by atoms with van der Waals surface area (Å²) in [5.41, 5.74) is 0.805. The molecule has 100 valence electrons. The average molecular weight is 253 g/mol. The quantitative estimate of drug-likeness (QED) is 0.862. The van der Waals surface area contributed by atoms with E-state index in [1.165, 1.54) is 31.4 Å². The van der Waals surface area contributed by atoms with Crippen molar-refractivity contribution in [1.82, 2.24) is 5.32 Å². The van der Waals surface area contributed by atoms with Crippen molar-refractivity contribution in [3.63, 3.8) is 0 Å². The SMILES string of the molecule is CC1CCC(NCc2ccc(F)c(F)c2)C(C)C1. The summed E-state index contributed by atoms with van der Waals surface area (Å²) in [6, 6.07) is 4.60. The molecule has 0 saturated heterocycles. The van der Waals surface area contributed by atoms with Crippen LogP contribution in [0.1, 0.15) is 38.7 Å². The molecule has 3 heteroatoms. The fourth-order valence-electron chi connectivity index (χ4n) is 2.87. The molecule has 1 aromatic carbocycles. The molecular formula is C15H21F2N. The van der Waals surface area contributed by atoms with Crippen molar-refractivity contribution in [3.05, 3.63) is 35.4 Å². The first-order valence-corrected chi connectivity index (χ1v) is 6.73. The largest absolute Gasteiger partial charge is 0.310 e. The first-order valence-electron chi connectivity index (χ1n) is 6.73. The van der Waals surface area contributed by atoms with Crippen molar-refractivity contribution in [2.24, 2.45) is 11.8 Å². The highest BCUT2D eigenvalue weighted by molar-refractivity contribution is 5.17. The first kappa shape index (κ1) is 13.5. The third-order valence-corrected chi connectivity index (χ3v) is 3.98. The fourth-order valence-corrected chi connectivity index (χ4v) is 2.87. The number of nitrogens with one attached hydrogen (secondary N) is 1. The van der Waals surface area contributed by atoms with Gasteiger partial charge >= 0.3 is 0 Å². The number of hydrogen-bond donors (Lipinski definition) is 1. The Bertz CT molecular complexity index is 405. The minimum absolute atomic E-state index is 0.495. The van der Waals surface area contributed by atoms with Crippen LogP contribution in [0.15, 0.2) is 18.2 Å². The summed E-state index contributed by atoms with van der Waals surface area (Å²) in [6.07, 6.45) is 3.67. The van der Waals surface area contributed by atoms with Gasteiger partial charge in [-0.25, -0.2) is 8.78 Å². The van der Waals surface area contributed by atoms with Crippen LogP contribution in [0.3, 0.4) is 0 Å². The Kier molecular flexibility index (Phi) is 4.33. The zero-order chi connectivity index (χ0) is 13.1. The van der Waals surface area contributed by atoms with E-state index >= 15 is 0 Å². The van der Waals surface area contributed by atoms with E-state index in [1.54, 1.807) is 6.07 Å². The molecule has 3 unspecified atom stereocenters. The van der Waals surface area contributed by atoms with Gasteiger partial charge in [0.25, 0.3) is 0 Å². The van der Waals surface area contributed by atoms with Crippen LogP contribution in [-0.4, -0.2) is 6.04 Å². The van der Waals surface area contributed by atoms with Crippen LogP contribution in [0.2, 0.25) is 0 Å². The Hall–Kier alpha value is -0.960. The van der Waals surface area contributed by atoms with Gasteiger partial charge in [0, 0.05) is 12.6 Å². The molecule has 1 nitrogen and oxygen atoms in total. The predicted molar refractivity (Wildman–Crippen MR) is 69.2 cm³/mol. The second kappa shape index (κ2) is 5.79. The van der Waals surface area contributed by atoms with Crippen LogP contribution in [0.5, 0.6) is 0 Å². The smallest absolute Gasteiger partial charge is 0.159 e. The molecule has 18 heavy (non-hydrogen) atoms. The second-order valence-electron chi connectivity index (χ2n) is 5.63. The molecule has 1 aliphatic carbocycles. The molecule has 0 bridgehead atoms. The number of halogens is 2. The normalized spacial score (nSPS) is 28.3. The van der Waals surface area contributed by atoms with Crippen molar-refractivity contribution in [3.8, 4) is 0 Å². The Balaban J connectivity index is 1.89. The van der Waals surface area contributed by atoms with Gasteiger partial charge < -0.3 is 5.32 Å². The van der Waals surface area contributed by atoms with E-state index in [1.807, 2.05) is 0 Å². The second-order valence-corrected chi connectivity index (χ2v) is 5.63. The van der Waals surface area contributed by atoms with Gasteiger partial charge in [-0.2, -0.15) is 0 Å². The minimum Gasteiger partial charge on any atom is -0.310 e. The zero-order valence-electron chi connectivity index (χ0n) is 11.0. The molecule has 0 heterocycles. The fraction of sp³-hybridized carbons (Fsp3) is 0.600. The van der Waals surface area contributed by atoms with E-state index in [9.17, 15) is 8.78 Å². The average Bonchev–Trinajstić information content (AvgIpc) is 2.32. The van der Waals surface area contributed by atoms with Gasteiger partial charge in [0.15, 0.2) is 11.6 Å². The van der Waals surface area contributed by atoms with E-state index in [-0.39, 0.29) is 0 Å². The summed E-state index contributed by atoms with van der Waals surface area (Å²) in [7, 11) is 0. The molecule has 0 aromatic heterocycles. The maximum absolute atomic E-state index is 13.1. The van der Waals surface area contributed by atoms with E-state index < -0.39 is 11.6 Å². The lowest BCUT2D eigenvalue weighted by atomic mass is 9.80. The summed E-state index contributed by atoms with van der Waals surface area (Å²) < 4.78 is 25.9. The van der Waals surface area contributed by atoms with Crippen molar-refractivity contribution in [2.75, 3.05) is 0 Å². The molecule has 2 rings (SSSR count). The third-order valence-electron chi connectivity index (χ3n) is 3.98. The van der Waals surface area contributed by atoms with Gasteiger partial charge in [-0.1, -0.05) is 19.9 Å². The monoisotopic (exact) mass is 253 g/mol. The lowest BCUT2D eigenvalue weighted by Crippen LogP contribution is -2.38. The molecule has 1 aromatic rings.